The monoisotopic (exact) mass is 309 g/mol. The zero-order chi connectivity index (χ0) is 14.5. The van der Waals surface area contributed by atoms with E-state index in [4.69, 9.17) is 15.4 Å². The van der Waals surface area contributed by atoms with E-state index in [0.717, 1.165) is 24.6 Å². The molecule has 0 aliphatic heterocycles. The van der Waals surface area contributed by atoms with Crippen LogP contribution in [0, 0.1) is 5.82 Å². The second-order valence-electron chi connectivity index (χ2n) is 3.68. The number of rotatable bonds is 6. The first-order chi connectivity index (χ1) is 8.84. The lowest BCUT2D eigenvalue weighted by Crippen LogP contribution is -2.19. The fourth-order valence-electron chi connectivity index (χ4n) is 1.24. The highest BCUT2D eigenvalue weighted by molar-refractivity contribution is 8.13. The van der Waals surface area contributed by atoms with Gasteiger partial charge in [-0.2, -0.15) is 0 Å². The maximum atomic E-state index is 13.6. The number of anilines is 1. The molecule has 0 spiro atoms. The molecule has 5 nitrogen and oxygen atoms in total. The van der Waals surface area contributed by atoms with Crippen molar-refractivity contribution < 1.29 is 22.3 Å². The van der Waals surface area contributed by atoms with E-state index in [-0.39, 0.29) is 17.2 Å². The van der Waals surface area contributed by atoms with E-state index in [1.807, 2.05) is 6.92 Å². The molecule has 19 heavy (non-hydrogen) atoms. The standard InChI is InChI=1S/C11H13ClFNO4S/c1-2-5-18-7-11(15)14-10-4-3-8(6-9(10)13)19(12,16)17/h3-4,6H,2,5,7H2,1H3,(H,14,15). The van der Waals surface area contributed by atoms with Crippen LogP contribution in [0.4, 0.5) is 10.1 Å². The smallest absolute Gasteiger partial charge is 0.261 e. The van der Waals surface area contributed by atoms with Crippen LogP contribution in [-0.2, 0) is 18.6 Å². The molecule has 8 heteroatoms. The van der Waals surface area contributed by atoms with Gasteiger partial charge in [-0.15, -0.1) is 0 Å². The summed E-state index contributed by atoms with van der Waals surface area (Å²) < 4.78 is 40.5. The Balaban J connectivity index is 2.73. The summed E-state index contributed by atoms with van der Waals surface area (Å²) in [5.74, 6) is -1.40. The summed E-state index contributed by atoms with van der Waals surface area (Å²) in [4.78, 5) is 11.0. The average Bonchev–Trinajstić information content (AvgIpc) is 2.31. The largest absolute Gasteiger partial charge is 0.372 e. The number of hydrogen-bond acceptors (Lipinski definition) is 4. The van der Waals surface area contributed by atoms with Crippen molar-refractivity contribution in [1.29, 1.82) is 0 Å². The number of carbonyl (C=O) groups is 1. The summed E-state index contributed by atoms with van der Waals surface area (Å²) in [5.41, 5.74) is -0.130. The van der Waals surface area contributed by atoms with Crippen LogP contribution in [0.5, 0.6) is 0 Å². The molecule has 0 saturated heterocycles. The summed E-state index contributed by atoms with van der Waals surface area (Å²) >= 11 is 0. The summed E-state index contributed by atoms with van der Waals surface area (Å²) in [6.45, 7) is 2.13. The molecule has 0 atom stereocenters. The molecule has 1 amide bonds. The first-order valence-corrected chi connectivity index (χ1v) is 7.77. The highest BCUT2D eigenvalue weighted by Gasteiger charge is 2.14. The molecule has 106 valence electrons. The Morgan fingerprint density at radius 2 is 2.16 bits per heavy atom. The molecule has 0 fully saturated rings. The second-order valence-corrected chi connectivity index (χ2v) is 6.25. The van der Waals surface area contributed by atoms with Crippen LogP contribution >= 0.6 is 10.7 Å². The van der Waals surface area contributed by atoms with Crippen LogP contribution < -0.4 is 5.32 Å². The van der Waals surface area contributed by atoms with Gasteiger partial charge in [0, 0.05) is 17.3 Å². The predicted molar refractivity (Wildman–Crippen MR) is 69.2 cm³/mol. The Kier molecular flexibility index (Phi) is 5.71. The highest BCUT2D eigenvalue weighted by Crippen LogP contribution is 2.21. The Hall–Kier alpha value is -1.18. The Labute approximate surface area is 115 Å². The molecule has 0 aliphatic rings. The maximum absolute atomic E-state index is 13.6. The van der Waals surface area contributed by atoms with Crippen molar-refractivity contribution in [2.45, 2.75) is 18.2 Å². The van der Waals surface area contributed by atoms with Crippen molar-refractivity contribution in [2.75, 3.05) is 18.5 Å². The van der Waals surface area contributed by atoms with Gasteiger partial charge in [0.2, 0.25) is 5.91 Å². The third kappa shape index (κ3) is 5.14. The molecule has 0 saturated carbocycles. The van der Waals surface area contributed by atoms with Crippen LogP contribution in [0.1, 0.15) is 13.3 Å². The molecule has 1 rings (SSSR count). The lowest BCUT2D eigenvalue weighted by molar-refractivity contribution is -0.120. The van der Waals surface area contributed by atoms with Gasteiger partial charge >= 0.3 is 0 Å². The van der Waals surface area contributed by atoms with E-state index in [9.17, 15) is 17.6 Å². The van der Waals surface area contributed by atoms with Gasteiger partial charge in [-0.05, 0) is 24.6 Å². The third-order valence-corrected chi connectivity index (χ3v) is 3.43. The quantitative estimate of drug-likeness (QED) is 0.645. The van der Waals surface area contributed by atoms with Crippen molar-refractivity contribution in [3.63, 3.8) is 0 Å². The fraction of sp³-hybridized carbons (Fsp3) is 0.364. The van der Waals surface area contributed by atoms with Crippen LogP contribution in [0.15, 0.2) is 23.1 Å². The minimum atomic E-state index is -3.99. The van der Waals surface area contributed by atoms with Crippen LogP contribution in [-0.4, -0.2) is 27.5 Å². The zero-order valence-corrected chi connectivity index (χ0v) is 11.7. The van der Waals surface area contributed by atoms with Gasteiger partial charge in [0.15, 0.2) is 0 Å². The number of carbonyl (C=O) groups excluding carboxylic acids is 1. The normalized spacial score (nSPS) is 11.3. The molecule has 0 bridgehead atoms. The molecule has 0 heterocycles. The Morgan fingerprint density at radius 1 is 1.47 bits per heavy atom. The van der Waals surface area contributed by atoms with Gasteiger partial charge in [-0.25, -0.2) is 12.8 Å². The van der Waals surface area contributed by atoms with Crippen molar-refractivity contribution in [3.8, 4) is 0 Å². The molecule has 0 aromatic heterocycles. The zero-order valence-electron chi connectivity index (χ0n) is 10.2. The minimum absolute atomic E-state index is 0.130. The molecule has 1 N–H and O–H groups in total. The molecule has 1 aromatic carbocycles. The van der Waals surface area contributed by atoms with Gasteiger partial charge in [0.1, 0.15) is 12.4 Å². The number of halogens is 2. The van der Waals surface area contributed by atoms with Crippen molar-refractivity contribution in [2.24, 2.45) is 0 Å². The third-order valence-electron chi connectivity index (χ3n) is 2.08. The van der Waals surface area contributed by atoms with Crippen molar-refractivity contribution >= 4 is 31.3 Å². The summed E-state index contributed by atoms with van der Waals surface area (Å²) in [5, 5.41) is 2.27. The Morgan fingerprint density at radius 3 is 2.68 bits per heavy atom. The van der Waals surface area contributed by atoms with Crippen LogP contribution in [0.2, 0.25) is 0 Å². The molecular formula is C11H13ClFNO4S. The Bertz CT molecular complexity index is 562. The number of amides is 1. The van der Waals surface area contributed by atoms with E-state index in [0.29, 0.717) is 6.61 Å². The maximum Gasteiger partial charge on any atom is 0.261 e. The van der Waals surface area contributed by atoms with Gasteiger partial charge in [0.05, 0.1) is 10.6 Å². The summed E-state index contributed by atoms with van der Waals surface area (Å²) in [6.07, 6.45) is 0.768. The first kappa shape index (κ1) is 15.9. The molecule has 0 unspecified atom stereocenters. The number of hydrogen-bond donors (Lipinski definition) is 1. The lowest BCUT2D eigenvalue weighted by Gasteiger charge is -2.07. The summed E-state index contributed by atoms with van der Waals surface area (Å²) in [7, 11) is 1.08. The SMILES string of the molecule is CCCOCC(=O)Nc1ccc(S(=O)(=O)Cl)cc1F. The lowest BCUT2D eigenvalue weighted by atomic mass is 10.3. The fourth-order valence-corrected chi connectivity index (χ4v) is 2.01. The highest BCUT2D eigenvalue weighted by atomic mass is 35.7. The van der Waals surface area contributed by atoms with Gasteiger partial charge in [-0.1, -0.05) is 6.92 Å². The van der Waals surface area contributed by atoms with E-state index < -0.39 is 20.8 Å². The molecule has 1 aromatic rings. The first-order valence-electron chi connectivity index (χ1n) is 5.46. The van der Waals surface area contributed by atoms with Crippen molar-refractivity contribution in [1.82, 2.24) is 0 Å². The van der Waals surface area contributed by atoms with E-state index in [2.05, 4.69) is 5.32 Å². The van der Waals surface area contributed by atoms with Gasteiger partial charge < -0.3 is 10.1 Å². The van der Waals surface area contributed by atoms with E-state index in [1.165, 1.54) is 0 Å². The minimum Gasteiger partial charge on any atom is -0.372 e. The predicted octanol–water partition coefficient (Wildman–Crippen LogP) is 2.12. The van der Waals surface area contributed by atoms with E-state index >= 15 is 0 Å². The summed E-state index contributed by atoms with van der Waals surface area (Å²) in [6, 6.07) is 2.97. The molecular weight excluding hydrogens is 297 g/mol. The topological polar surface area (TPSA) is 72.5 Å². The number of nitrogens with one attached hydrogen (secondary N) is 1. The van der Waals surface area contributed by atoms with E-state index in [1.54, 1.807) is 0 Å². The van der Waals surface area contributed by atoms with Crippen molar-refractivity contribution in [3.05, 3.63) is 24.0 Å². The second kappa shape index (κ2) is 6.83. The average molecular weight is 310 g/mol. The van der Waals surface area contributed by atoms with Gasteiger partial charge in [-0.3, -0.25) is 4.79 Å². The molecule has 0 radical (unpaired) electrons. The van der Waals surface area contributed by atoms with Crippen LogP contribution in [0.3, 0.4) is 0 Å². The molecule has 0 aliphatic carbocycles. The number of ether oxygens (including phenoxy) is 1. The van der Waals surface area contributed by atoms with Gasteiger partial charge in [0.25, 0.3) is 9.05 Å². The van der Waals surface area contributed by atoms with Crippen LogP contribution in [0.25, 0.3) is 0 Å². The number of benzene rings is 1.